The first-order valence-corrected chi connectivity index (χ1v) is 8.89. The summed E-state index contributed by atoms with van der Waals surface area (Å²) in [5.74, 6) is 0. The number of aryl methyl sites for hydroxylation is 1. The third kappa shape index (κ3) is 2.82. The van der Waals surface area contributed by atoms with Crippen LogP contribution in [0.5, 0.6) is 0 Å². The Morgan fingerprint density at radius 2 is 1.86 bits per heavy atom. The molecule has 0 unspecified atom stereocenters. The van der Waals surface area contributed by atoms with E-state index in [0.717, 1.165) is 32.8 Å². The summed E-state index contributed by atoms with van der Waals surface area (Å²) < 4.78 is 7.65. The van der Waals surface area contributed by atoms with Crippen molar-refractivity contribution < 1.29 is 4.74 Å². The summed E-state index contributed by atoms with van der Waals surface area (Å²) in [7, 11) is 2.12. The fraction of sp³-hybridized carbons (Fsp3) is 0.824. The molecule has 0 atom stereocenters. The maximum Gasteiger partial charge on any atom is 0.0813 e. The molecular formula is C17H28N4O. The van der Waals surface area contributed by atoms with Gasteiger partial charge in [-0.3, -0.25) is 14.5 Å². The van der Waals surface area contributed by atoms with E-state index in [1.165, 1.54) is 62.1 Å². The SMILES string of the molecule is Cn1nc(CN2CCCCC2)c2c1CN(C1CCOCC1)C2. The monoisotopic (exact) mass is 304 g/mol. The van der Waals surface area contributed by atoms with Crippen LogP contribution in [0.1, 0.15) is 49.1 Å². The van der Waals surface area contributed by atoms with Crippen molar-refractivity contribution in [1.82, 2.24) is 19.6 Å². The molecule has 3 aliphatic heterocycles. The predicted molar refractivity (Wildman–Crippen MR) is 85.4 cm³/mol. The molecule has 4 heterocycles. The third-order valence-electron chi connectivity index (χ3n) is 5.60. The maximum absolute atomic E-state index is 5.51. The highest BCUT2D eigenvalue weighted by atomic mass is 16.5. The minimum Gasteiger partial charge on any atom is -0.381 e. The first-order chi connectivity index (χ1) is 10.8. The summed E-state index contributed by atoms with van der Waals surface area (Å²) in [6.45, 7) is 7.56. The molecule has 0 aliphatic carbocycles. The maximum atomic E-state index is 5.51. The van der Waals surface area contributed by atoms with Crippen LogP contribution in [0.4, 0.5) is 0 Å². The molecule has 2 saturated heterocycles. The Morgan fingerprint density at radius 3 is 2.64 bits per heavy atom. The molecule has 1 aromatic rings. The van der Waals surface area contributed by atoms with E-state index in [9.17, 15) is 0 Å². The van der Waals surface area contributed by atoms with Gasteiger partial charge < -0.3 is 4.74 Å². The second-order valence-corrected chi connectivity index (χ2v) is 7.08. The zero-order chi connectivity index (χ0) is 14.9. The van der Waals surface area contributed by atoms with Gasteiger partial charge in [-0.15, -0.1) is 0 Å². The van der Waals surface area contributed by atoms with Crippen LogP contribution >= 0.6 is 0 Å². The van der Waals surface area contributed by atoms with E-state index in [-0.39, 0.29) is 0 Å². The van der Waals surface area contributed by atoms with E-state index < -0.39 is 0 Å². The summed E-state index contributed by atoms with van der Waals surface area (Å²) in [5.41, 5.74) is 4.28. The van der Waals surface area contributed by atoms with Crippen molar-refractivity contribution in [1.29, 1.82) is 0 Å². The van der Waals surface area contributed by atoms with Crippen LogP contribution in [0.15, 0.2) is 0 Å². The molecule has 2 fully saturated rings. The Balaban J connectivity index is 1.46. The van der Waals surface area contributed by atoms with Gasteiger partial charge in [0.05, 0.1) is 11.4 Å². The number of likely N-dealkylation sites (tertiary alicyclic amines) is 1. The lowest BCUT2D eigenvalue weighted by atomic mass is 10.1. The first kappa shape index (κ1) is 14.7. The molecule has 5 nitrogen and oxygen atoms in total. The number of hydrogen-bond acceptors (Lipinski definition) is 4. The molecule has 0 N–H and O–H groups in total. The Labute approximate surface area is 133 Å². The fourth-order valence-corrected chi connectivity index (χ4v) is 4.26. The second kappa shape index (κ2) is 6.30. The van der Waals surface area contributed by atoms with Gasteiger partial charge in [-0.25, -0.2) is 0 Å². The molecule has 0 saturated carbocycles. The molecule has 0 radical (unpaired) electrons. The molecule has 5 heteroatoms. The Kier molecular flexibility index (Phi) is 4.20. The summed E-state index contributed by atoms with van der Waals surface area (Å²) in [6, 6.07) is 0.698. The predicted octanol–water partition coefficient (Wildman–Crippen LogP) is 1.90. The molecule has 0 aromatic carbocycles. The van der Waals surface area contributed by atoms with Crippen molar-refractivity contribution in [3.05, 3.63) is 17.0 Å². The van der Waals surface area contributed by atoms with Crippen molar-refractivity contribution in [2.24, 2.45) is 7.05 Å². The minimum absolute atomic E-state index is 0.698. The molecule has 22 heavy (non-hydrogen) atoms. The number of hydrogen-bond donors (Lipinski definition) is 0. The minimum atomic E-state index is 0.698. The number of nitrogens with zero attached hydrogens (tertiary/aromatic N) is 4. The van der Waals surface area contributed by atoms with Crippen LogP contribution in [0.25, 0.3) is 0 Å². The molecule has 0 amide bonds. The van der Waals surface area contributed by atoms with E-state index in [2.05, 4.69) is 21.5 Å². The lowest BCUT2D eigenvalue weighted by Crippen LogP contribution is -2.36. The Morgan fingerprint density at radius 1 is 1.09 bits per heavy atom. The van der Waals surface area contributed by atoms with Crippen LogP contribution in [-0.2, 0) is 31.4 Å². The van der Waals surface area contributed by atoms with Gasteiger partial charge in [0, 0.05) is 51.5 Å². The number of piperidine rings is 1. The summed E-state index contributed by atoms with van der Waals surface area (Å²) in [5, 5.41) is 4.83. The Bertz CT molecular complexity index is 515. The topological polar surface area (TPSA) is 33.5 Å². The zero-order valence-corrected chi connectivity index (χ0v) is 13.8. The third-order valence-corrected chi connectivity index (χ3v) is 5.60. The van der Waals surface area contributed by atoms with Crippen molar-refractivity contribution in [2.45, 2.75) is 57.8 Å². The quantitative estimate of drug-likeness (QED) is 0.854. The summed E-state index contributed by atoms with van der Waals surface area (Å²) >= 11 is 0. The van der Waals surface area contributed by atoms with Crippen molar-refractivity contribution in [3.8, 4) is 0 Å². The molecule has 122 valence electrons. The van der Waals surface area contributed by atoms with Crippen molar-refractivity contribution >= 4 is 0 Å². The molecule has 0 bridgehead atoms. The zero-order valence-electron chi connectivity index (χ0n) is 13.8. The van der Waals surface area contributed by atoms with Gasteiger partial charge >= 0.3 is 0 Å². The molecule has 0 spiro atoms. The Hall–Kier alpha value is -0.910. The van der Waals surface area contributed by atoms with Gasteiger partial charge in [-0.2, -0.15) is 5.10 Å². The van der Waals surface area contributed by atoms with Gasteiger partial charge in [0.25, 0.3) is 0 Å². The van der Waals surface area contributed by atoms with Gasteiger partial charge in [0.15, 0.2) is 0 Å². The van der Waals surface area contributed by atoms with Crippen molar-refractivity contribution in [3.63, 3.8) is 0 Å². The fourth-order valence-electron chi connectivity index (χ4n) is 4.26. The van der Waals surface area contributed by atoms with Gasteiger partial charge in [-0.1, -0.05) is 6.42 Å². The van der Waals surface area contributed by atoms with Crippen LogP contribution in [0.2, 0.25) is 0 Å². The standard InChI is InChI=1S/C17H28N4O/c1-19-17-13-21(14-5-9-22-10-6-14)11-15(17)16(18-19)12-20-7-3-2-4-8-20/h14H,2-13H2,1H3. The number of aromatic nitrogens is 2. The van der Waals surface area contributed by atoms with E-state index in [1.54, 1.807) is 0 Å². The van der Waals surface area contributed by atoms with E-state index >= 15 is 0 Å². The van der Waals surface area contributed by atoms with E-state index in [0.29, 0.717) is 6.04 Å². The largest absolute Gasteiger partial charge is 0.381 e. The highest BCUT2D eigenvalue weighted by Crippen LogP contribution is 2.30. The molecule has 3 aliphatic rings. The number of rotatable bonds is 3. The van der Waals surface area contributed by atoms with E-state index in [1.807, 2.05) is 0 Å². The smallest absolute Gasteiger partial charge is 0.0813 e. The lowest BCUT2D eigenvalue weighted by Gasteiger charge is -2.31. The van der Waals surface area contributed by atoms with E-state index in [4.69, 9.17) is 9.84 Å². The summed E-state index contributed by atoms with van der Waals surface area (Å²) in [4.78, 5) is 5.23. The van der Waals surface area contributed by atoms with Crippen LogP contribution in [0.3, 0.4) is 0 Å². The van der Waals surface area contributed by atoms with Gasteiger partial charge in [0.1, 0.15) is 0 Å². The normalized spacial score (nSPS) is 24.8. The average molecular weight is 304 g/mol. The van der Waals surface area contributed by atoms with Gasteiger partial charge in [0.2, 0.25) is 0 Å². The highest BCUT2D eigenvalue weighted by molar-refractivity contribution is 5.30. The highest BCUT2D eigenvalue weighted by Gasteiger charge is 2.32. The number of fused-ring (bicyclic) bond motifs is 1. The lowest BCUT2D eigenvalue weighted by molar-refractivity contribution is 0.0318. The molecular weight excluding hydrogens is 276 g/mol. The van der Waals surface area contributed by atoms with Gasteiger partial charge in [-0.05, 0) is 38.8 Å². The first-order valence-electron chi connectivity index (χ1n) is 8.89. The van der Waals surface area contributed by atoms with Crippen LogP contribution in [-0.4, -0.2) is 51.9 Å². The number of ether oxygens (including phenoxy) is 1. The van der Waals surface area contributed by atoms with Crippen molar-refractivity contribution in [2.75, 3.05) is 26.3 Å². The second-order valence-electron chi connectivity index (χ2n) is 7.08. The molecule has 1 aromatic heterocycles. The van der Waals surface area contributed by atoms with Crippen LogP contribution < -0.4 is 0 Å². The average Bonchev–Trinajstić information content (AvgIpc) is 3.11. The summed E-state index contributed by atoms with van der Waals surface area (Å²) in [6.07, 6.45) is 6.46. The van der Waals surface area contributed by atoms with Crippen LogP contribution in [0, 0.1) is 0 Å². The molecule has 4 rings (SSSR count).